The van der Waals surface area contributed by atoms with Gasteiger partial charge in [0.25, 0.3) is 0 Å². The summed E-state index contributed by atoms with van der Waals surface area (Å²) < 4.78 is 15.7. The smallest absolute Gasteiger partial charge is 0.143 e. The maximum Gasteiger partial charge on any atom is 0.143 e. The van der Waals surface area contributed by atoms with Gasteiger partial charge in [0.1, 0.15) is 22.3 Å². The lowest BCUT2D eigenvalue weighted by molar-refractivity contribution is 0.670. The van der Waals surface area contributed by atoms with E-state index in [9.17, 15) is 0 Å². The molecular weight excluding hydrogens is 757 g/mol. The molecule has 0 atom stereocenters. The molecule has 0 bridgehead atoms. The van der Waals surface area contributed by atoms with Gasteiger partial charge in [-0.3, -0.25) is 0 Å². The number of hydrogen-bond donors (Lipinski definition) is 0. The average Bonchev–Trinajstić information content (AvgIpc) is 4.03. The van der Waals surface area contributed by atoms with Crippen LogP contribution in [0.15, 0.2) is 227 Å². The summed E-state index contributed by atoms with van der Waals surface area (Å²) in [6, 6.07) is 77.9. The molecule has 0 radical (unpaired) electrons. The molecular formula is C58H36N2O2. The Labute approximate surface area is 356 Å². The number of hydrogen-bond acceptors (Lipinski definition) is 3. The molecule has 13 aromatic rings. The van der Waals surface area contributed by atoms with Crippen molar-refractivity contribution in [2.75, 3.05) is 4.90 Å². The first-order valence-electron chi connectivity index (χ1n) is 21.1. The number of fused-ring (bicyclic) bond motifs is 11. The van der Waals surface area contributed by atoms with Crippen molar-refractivity contribution >= 4 is 93.5 Å². The fraction of sp³-hybridized carbons (Fsp3) is 0. The fourth-order valence-corrected chi connectivity index (χ4v) is 9.84. The van der Waals surface area contributed by atoms with Crippen LogP contribution in [-0.2, 0) is 0 Å². The minimum Gasteiger partial charge on any atom is -0.455 e. The molecule has 0 aliphatic carbocycles. The lowest BCUT2D eigenvalue weighted by Gasteiger charge is -2.27. The molecule has 0 spiro atoms. The maximum absolute atomic E-state index is 6.74. The SMILES string of the molecule is c1ccc(-n2c3ccccc3c3c(-c4ccc(N(c5cccc(-c6cccc7c6oc6ccccc67)c5)c5cccc6oc7c8ccccc8ccc7c56)cc4)cccc32)cc1. The second-order valence-corrected chi connectivity index (χ2v) is 16.0. The minimum absolute atomic E-state index is 0.847. The zero-order chi connectivity index (χ0) is 40.7. The number of nitrogens with zero attached hydrogens (tertiary/aromatic N) is 2. The van der Waals surface area contributed by atoms with Crippen LogP contribution in [0.5, 0.6) is 0 Å². The lowest BCUT2D eigenvalue weighted by Crippen LogP contribution is -2.10. The second kappa shape index (κ2) is 13.6. The van der Waals surface area contributed by atoms with Crippen molar-refractivity contribution in [3.8, 4) is 27.9 Å². The molecule has 290 valence electrons. The Balaban J connectivity index is 1.01. The zero-order valence-corrected chi connectivity index (χ0v) is 33.5. The van der Waals surface area contributed by atoms with E-state index in [0.717, 1.165) is 94.1 Å². The summed E-state index contributed by atoms with van der Waals surface area (Å²) in [7, 11) is 0. The molecule has 0 amide bonds. The quantitative estimate of drug-likeness (QED) is 0.168. The van der Waals surface area contributed by atoms with Gasteiger partial charge in [-0.1, -0.05) is 146 Å². The summed E-state index contributed by atoms with van der Waals surface area (Å²) in [5.74, 6) is 0. The van der Waals surface area contributed by atoms with Gasteiger partial charge in [-0.15, -0.1) is 0 Å². The molecule has 13 rings (SSSR count). The Morgan fingerprint density at radius 1 is 0.355 bits per heavy atom. The average molecular weight is 793 g/mol. The van der Waals surface area contributed by atoms with Crippen molar-refractivity contribution in [1.29, 1.82) is 0 Å². The molecule has 0 saturated heterocycles. The Bertz CT molecular complexity index is 3870. The molecule has 3 heterocycles. The summed E-state index contributed by atoms with van der Waals surface area (Å²) >= 11 is 0. The highest BCUT2D eigenvalue weighted by molar-refractivity contribution is 6.20. The maximum atomic E-state index is 6.74. The van der Waals surface area contributed by atoms with E-state index in [2.05, 4.69) is 216 Å². The van der Waals surface area contributed by atoms with Gasteiger partial charge in [0.05, 0.1) is 22.1 Å². The Hall–Kier alpha value is -8.34. The monoisotopic (exact) mass is 792 g/mol. The van der Waals surface area contributed by atoms with Gasteiger partial charge in [0.2, 0.25) is 0 Å². The Kier molecular flexibility index (Phi) is 7.57. The molecule has 3 aromatic heterocycles. The van der Waals surface area contributed by atoms with Crippen LogP contribution in [0.4, 0.5) is 17.1 Å². The van der Waals surface area contributed by atoms with Gasteiger partial charge in [-0.2, -0.15) is 0 Å². The van der Waals surface area contributed by atoms with Gasteiger partial charge < -0.3 is 18.3 Å². The largest absolute Gasteiger partial charge is 0.455 e. The van der Waals surface area contributed by atoms with Gasteiger partial charge in [0.15, 0.2) is 0 Å². The second-order valence-electron chi connectivity index (χ2n) is 16.0. The summed E-state index contributed by atoms with van der Waals surface area (Å²) in [4.78, 5) is 2.38. The summed E-state index contributed by atoms with van der Waals surface area (Å²) in [5.41, 5.74) is 14.6. The number of aromatic nitrogens is 1. The van der Waals surface area contributed by atoms with Crippen molar-refractivity contribution in [2.24, 2.45) is 0 Å². The van der Waals surface area contributed by atoms with Crippen LogP contribution in [-0.4, -0.2) is 4.57 Å². The van der Waals surface area contributed by atoms with Crippen LogP contribution in [0.2, 0.25) is 0 Å². The van der Waals surface area contributed by atoms with Crippen LogP contribution in [0, 0.1) is 0 Å². The standard InChI is InChI=1S/C58H36N2O2/c1-2-16-40(17-3-1)60-50-25-8-6-21-48(50)55-43(22-12-26-51(55)60)38-30-33-41(34-31-38)59(52-27-13-29-54-56(52)49-35-32-37-14-4-5-19-44(37)58(49)62-54)42-18-10-15-39(36-42)45-23-11-24-47-46-20-7-9-28-53(46)61-57(45)47/h1-36H. The normalized spacial score (nSPS) is 11.9. The van der Waals surface area contributed by atoms with Crippen LogP contribution < -0.4 is 4.90 Å². The van der Waals surface area contributed by atoms with E-state index in [0.29, 0.717) is 0 Å². The van der Waals surface area contributed by atoms with E-state index in [4.69, 9.17) is 8.83 Å². The summed E-state index contributed by atoms with van der Waals surface area (Å²) in [5, 5.41) is 9.12. The van der Waals surface area contributed by atoms with Crippen molar-refractivity contribution in [3.05, 3.63) is 218 Å². The van der Waals surface area contributed by atoms with Gasteiger partial charge in [-0.25, -0.2) is 0 Å². The highest BCUT2D eigenvalue weighted by Crippen LogP contribution is 2.46. The van der Waals surface area contributed by atoms with Crippen molar-refractivity contribution < 1.29 is 8.83 Å². The number of para-hydroxylation sites is 4. The molecule has 62 heavy (non-hydrogen) atoms. The van der Waals surface area contributed by atoms with E-state index < -0.39 is 0 Å². The van der Waals surface area contributed by atoms with Gasteiger partial charge >= 0.3 is 0 Å². The third-order valence-corrected chi connectivity index (χ3v) is 12.6. The molecule has 4 nitrogen and oxygen atoms in total. The first-order chi connectivity index (χ1) is 30.8. The van der Waals surface area contributed by atoms with Crippen LogP contribution in [0.1, 0.15) is 0 Å². The first-order valence-corrected chi connectivity index (χ1v) is 21.1. The molecule has 0 fully saturated rings. The fourth-order valence-electron chi connectivity index (χ4n) is 9.84. The van der Waals surface area contributed by atoms with Crippen molar-refractivity contribution in [3.63, 3.8) is 0 Å². The molecule has 0 aliphatic heterocycles. The number of rotatable bonds is 6. The highest BCUT2D eigenvalue weighted by Gasteiger charge is 2.22. The Morgan fingerprint density at radius 3 is 1.94 bits per heavy atom. The molecule has 10 aromatic carbocycles. The third kappa shape index (κ3) is 5.20. The van der Waals surface area contributed by atoms with E-state index in [1.54, 1.807) is 0 Å². The summed E-state index contributed by atoms with van der Waals surface area (Å²) in [6.45, 7) is 0. The molecule has 0 unspecified atom stereocenters. The predicted octanol–water partition coefficient (Wildman–Crippen LogP) is 16.5. The molecule has 0 saturated carbocycles. The summed E-state index contributed by atoms with van der Waals surface area (Å²) in [6.07, 6.45) is 0. The number of anilines is 3. The number of benzene rings is 10. The third-order valence-electron chi connectivity index (χ3n) is 12.6. The molecule has 4 heteroatoms. The van der Waals surface area contributed by atoms with Gasteiger partial charge in [-0.05, 0) is 94.9 Å². The van der Waals surface area contributed by atoms with E-state index >= 15 is 0 Å². The van der Waals surface area contributed by atoms with Crippen LogP contribution in [0.25, 0.3) is 104 Å². The van der Waals surface area contributed by atoms with Gasteiger partial charge in [0, 0.05) is 54.9 Å². The predicted molar refractivity (Wildman–Crippen MR) is 258 cm³/mol. The topological polar surface area (TPSA) is 34.5 Å². The van der Waals surface area contributed by atoms with Crippen LogP contribution in [0.3, 0.4) is 0 Å². The van der Waals surface area contributed by atoms with E-state index in [1.807, 2.05) is 12.1 Å². The Morgan fingerprint density at radius 2 is 1.03 bits per heavy atom. The van der Waals surface area contributed by atoms with E-state index in [-0.39, 0.29) is 0 Å². The zero-order valence-electron chi connectivity index (χ0n) is 33.5. The minimum atomic E-state index is 0.847. The lowest BCUT2D eigenvalue weighted by atomic mass is 9.98. The number of furan rings is 2. The molecule has 0 N–H and O–H groups in total. The van der Waals surface area contributed by atoms with E-state index in [1.165, 1.54) is 27.4 Å². The van der Waals surface area contributed by atoms with Crippen LogP contribution >= 0.6 is 0 Å². The highest BCUT2D eigenvalue weighted by atomic mass is 16.3. The van der Waals surface area contributed by atoms with Crippen molar-refractivity contribution in [2.45, 2.75) is 0 Å². The first kappa shape index (κ1) is 34.5. The molecule has 0 aliphatic rings. The van der Waals surface area contributed by atoms with Crippen molar-refractivity contribution in [1.82, 2.24) is 4.57 Å².